The second-order valence-electron chi connectivity index (χ2n) is 9.20. The van der Waals surface area contributed by atoms with Crippen LogP contribution in [0.1, 0.15) is 61.2 Å². The van der Waals surface area contributed by atoms with E-state index in [0.29, 0.717) is 6.42 Å². The first kappa shape index (κ1) is 28.9. The second kappa shape index (κ2) is 13.8. The van der Waals surface area contributed by atoms with Crippen molar-refractivity contribution in [2.45, 2.75) is 59.0 Å². The van der Waals surface area contributed by atoms with Gasteiger partial charge in [-0.2, -0.15) is 0 Å². The molecule has 0 saturated carbocycles. The van der Waals surface area contributed by atoms with Gasteiger partial charge in [0.15, 0.2) is 6.29 Å². The van der Waals surface area contributed by atoms with Crippen LogP contribution in [0, 0.1) is 13.8 Å². The maximum atomic E-state index is 11.8. The summed E-state index contributed by atoms with van der Waals surface area (Å²) in [5.74, 6) is -0.419. The highest BCUT2D eigenvalue weighted by Gasteiger charge is 2.19. The van der Waals surface area contributed by atoms with Crippen LogP contribution in [0.4, 0.5) is 17.1 Å². The number of nitrogens with zero attached hydrogens (tertiary/aromatic N) is 1. The van der Waals surface area contributed by atoms with Crippen LogP contribution in [-0.2, 0) is 19.0 Å². The highest BCUT2D eigenvalue weighted by molar-refractivity contribution is 5.81. The van der Waals surface area contributed by atoms with Gasteiger partial charge in [-0.15, -0.1) is 0 Å². The molecule has 5 nitrogen and oxygen atoms in total. The number of anilines is 3. The van der Waals surface area contributed by atoms with E-state index in [2.05, 4.69) is 93.4 Å². The van der Waals surface area contributed by atoms with Gasteiger partial charge in [0, 0.05) is 30.2 Å². The predicted octanol–water partition coefficient (Wildman–Crippen LogP) is 8.58. The van der Waals surface area contributed by atoms with E-state index in [9.17, 15) is 4.79 Å². The van der Waals surface area contributed by atoms with Gasteiger partial charge in [-0.25, -0.2) is 4.79 Å². The second-order valence-corrected chi connectivity index (χ2v) is 9.20. The summed E-state index contributed by atoms with van der Waals surface area (Å²) < 4.78 is 16.9. The van der Waals surface area contributed by atoms with Gasteiger partial charge in [0.25, 0.3) is 0 Å². The molecule has 0 aliphatic carbocycles. The van der Waals surface area contributed by atoms with Crippen LogP contribution in [0.3, 0.4) is 0 Å². The number of hydrogen-bond acceptors (Lipinski definition) is 5. The molecule has 0 N–H and O–H groups in total. The van der Waals surface area contributed by atoms with Gasteiger partial charge < -0.3 is 19.1 Å². The smallest absolute Gasteiger partial charge is 0.330 e. The molecule has 3 unspecified atom stereocenters. The number of benzene rings is 3. The molecular formula is C33H39NO4. The number of carbonyl (C=O) groups excluding carboxylic acids is 1. The average molecular weight is 514 g/mol. The van der Waals surface area contributed by atoms with Gasteiger partial charge in [-0.1, -0.05) is 57.3 Å². The molecular weight excluding hydrogens is 474 g/mol. The van der Waals surface area contributed by atoms with Crippen LogP contribution in [-0.4, -0.2) is 19.4 Å². The summed E-state index contributed by atoms with van der Waals surface area (Å²) in [4.78, 5) is 14.0. The van der Waals surface area contributed by atoms with Gasteiger partial charge in [-0.3, -0.25) is 0 Å². The van der Waals surface area contributed by atoms with Gasteiger partial charge in [0.2, 0.25) is 0 Å². The van der Waals surface area contributed by atoms with Crippen molar-refractivity contribution in [3.63, 3.8) is 0 Å². The van der Waals surface area contributed by atoms with Crippen LogP contribution >= 0.6 is 0 Å². The van der Waals surface area contributed by atoms with E-state index in [1.165, 1.54) is 17.2 Å². The molecule has 3 aromatic rings. The number of methoxy groups -OCH3 is 1. The molecule has 0 radical (unpaired) electrons. The Morgan fingerprint density at radius 2 is 1.34 bits per heavy atom. The minimum absolute atomic E-state index is 0.106. The Morgan fingerprint density at radius 3 is 1.79 bits per heavy atom. The van der Waals surface area contributed by atoms with E-state index in [4.69, 9.17) is 14.2 Å². The first-order valence-electron chi connectivity index (χ1n) is 13.1. The summed E-state index contributed by atoms with van der Waals surface area (Å²) in [6.45, 7) is 15.6. The highest BCUT2D eigenvalue weighted by Crippen LogP contribution is 2.37. The molecule has 0 fully saturated rings. The lowest BCUT2D eigenvalue weighted by atomic mass is 10.0. The van der Waals surface area contributed by atoms with E-state index < -0.39 is 12.3 Å². The van der Waals surface area contributed by atoms with Crippen molar-refractivity contribution in [1.29, 1.82) is 0 Å². The van der Waals surface area contributed by atoms with E-state index in [1.807, 2.05) is 19.1 Å². The Balaban J connectivity index is 1.99. The molecule has 3 aromatic carbocycles. The van der Waals surface area contributed by atoms with Crippen LogP contribution in [0.25, 0.3) is 0 Å². The Labute approximate surface area is 227 Å². The lowest BCUT2D eigenvalue weighted by molar-refractivity contribution is -0.143. The third kappa shape index (κ3) is 7.00. The van der Waals surface area contributed by atoms with E-state index >= 15 is 0 Å². The first-order valence-corrected chi connectivity index (χ1v) is 13.1. The van der Waals surface area contributed by atoms with Crippen molar-refractivity contribution < 1.29 is 19.0 Å². The molecule has 38 heavy (non-hydrogen) atoms. The lowest BCUT2D eigenvalue weighted by Gasteiger charge is -2.27. The van der Waals surface area contributed by atoms with E-state index in [1.54, 1.807) is 13.2 Å². The molecule has 5 heteroatoms. The number of ether oxygens (including phenoxy) is 3. The fourth-order valence-electron chi connectivity index (χ4n) is 4.34. The van der Waals surface area contributed by atoms with Crippen LogP contribution in [0.2, 0.25) is 0 Å². The van der Waals surface area contributed by atoms with E-state index in [-0.39, 0.29) is 12.2 Å². The molecule has 0 aromatic heterocycles. The summed E-state index contributed by atoms with van der Waals surface area (Å²) in [5.41, 5.74) is 7.57. The van der Waals surface area contributed by atoms with Gasteiger partial charge in [-0.05, 0) is 91.4 Å². The van der Waals surface area contributed by atoms with Crippen LogP contribution in [0.15, 0.2) is 92.0 Å². The SMILES string of the molecule is C=CC(=O)OC(CC)c1ccc(N(c2ccc(C(CC)OC(C=C)OC)cc2)c2ccc(C)c(C)c2)cc1. The number of rotatable bonds is 13. The summed E-state index contributed by atoms with van der Waals surface area (Å²) >= 11 is 0. The standard InChI is InChI=1S/C33H39NO4/c1-8-30(37-32(35)10-3)25-13-18-27(19-14-25)34(29-17-12-23(5)24(6)22-29)28-20-15-26(16-21-28)31(9-2)38-33(11-4)36-7/h10-22,30-31,33H,3-4,8-9H2,1-2,5-7H3. The Kier molecular flexibility index (Phi) is 10.5. The summed E-state index contributed by atoms with van der Waals surface area (Å²) in [6, 6.07) is 23.1. The summed E-state index contributed by atoms with van der Waals surface area (Å²) in [7, 11) is 1.61. The summed E-state index contributed by atoms with van der Waals surface area (Å²) in [5, 5.41) is 0. The van der Waals surface area contributed by atoms with Crippen molar-refractivity contribution in [3.05, 3.63) is 114 Å². The normalized spacial score (nSPS) is 13.3. The third-order valence-corrected chi connectivity index (χ3v) is 6.68. The monoisotopic (exact) mass is 513 g/mol. The zero-order valence-corrected chi connectivity index (χ0v) is 23.1. The Morgan fingerprint density at radius 1 is 0.816 bits per heavy atom. The highest BCUT2D eigenvalue weighted by atomic mass is 16.7. The minimum Gasteiger partial charge on any atom is -0.454 e. The predicted molar refractivity (Wildman–Crippen MR) is 155 cm³/mol. The lowest BCUT2D eigenvalue weighted by Crippen LogP contribution is -2.16. The molecule has 3 rings (SSSR count). The summed E-state index contributed by atoms with van der Waals surface area (Å²) in [6.07, 6.45) is 3.46. The third-order valence-electron chi connectivity index (χ3n) is 6.68. The largest absolute Gasteiger partial charge is 0.454 e. The average Bonchev–Trinajstić information content (AvgIpc) is 2.95. The fraction of sp³-hybridized carbons (Fsp3) is 0.303. The van der Waals surface area contributed by atoms with Crippen LogP contribution < -0.4 is 4.90 Å². The number of aryl methyl sites for hydroxylation is 2. The molecule has 200 valence electrons. The Bertz CT molecular complexity index is 1220. The van der Waals surface area contributed by atoms with Crippen molar-refractivity contribution in [2.75, 3.05) is 12.0 Å². The maximum absolute atomic E-state index is 11.8. The molecule has 0 aliphatic rings. The number of hydrogen-bond donors (Lipinski definition) is 0. The van der Waals surface area contributed by atoms with Crippen molar-refractivity contribution in [1.82, 2.24) is 0 Å². The molecule has 0 spiro atoms. The molecule has 0 heterocycles. The Hall–Kier alpha value is -3.67. The number of esters is 1. The van der Waals surface area contributed by atoms with Crippen molar-refractivity contribution in [3.8, 4) is 0 Å². The maximum Gasteiger partial charge on any atom is 0.330 e. The molecule has 0 bridgehead atoms. The van der Waals surface area contributed by atoms with E-state index in [0.717, 1.165) is 34.6 Å². The van der Waals surface area contributed by atoms with Crippen molar-refractivity contribution in [2.24, 2.45) is 0 Å². The molecule has 0 amide bonds. The topological polar surface area (TPSA) is 48.0 Å². The zero-order valence-electron chi connectivity index (χ0n) is 23.1. The first-order chi connectivity index (χ1) is 18.3. The number of carbonyl (C=O) groups is 1. The van der Waals surface area contributed by atoms with Gasteiger partial charge in [0.05, 0.1) is 6.10 Å². The zero-order chi connectivity index (χ0) is 27.7. The van der Waals surface area contributed by atoms with Crippen LogP contribution in [0.5, 0.6) is 0 Å². The molecule has 0 saturated heterocycles. The minimum atomic E-state index is -0.456. The van der Waals surface area contributed by atoms with Gasteiger partial charge >= 0.3 is 5.97 Å². The molecule has 3 atom stereocenters. The quantitative estimate of drug-likeness (QED) is 0.0991. The molecule has 0 aliphatic heterocycles. The van der Waals surface area contributed by atoms with Gasteiger partial charge in [0.1, 0.15) is 6.10 Å². The van der Waals surface area contributed by atoms with Crippen molar-refractivity contribution >= 4 is 23.0 Å². The fourth-order valence-corrected chi connectivity index (χ4v) is 4.34.